The molecule has 2 saturated heterocycles. The lowest BCUT2D eigenvalue weighted by Crippen LogP contribution is -2.47. The van der Waals surface area contributed by atoms with Gasteiger partial charge < -0.3 is 10.2 Å². The van der Waals surface area contributed by atoms with Gasteiger partial charge in [0, 0.05) is 18.6 Å². The number of fused-ring (bicyclic) bond motifs is 1. The minimum absolute atomic E-state index is 0.101. The normalized spacial score (nSPS) is 22.9. The highest BCUT2D eigenvalue weighted by Crippen LogP contribution is 2.34. The van der Waals surface area contributed by atoms with Crippen molar-refractivity contribution in [2.75, 3.05) is 13.1 Å². The van der Waals surface area contributed by atoms with E-state index in [0.29, 0.717) is 6.04 Å². The molecule has 2 atom stereocenters. The van der Waals surface area contributed by atoms with Crippen LogP contribution in [0.3, 0.4) is 0 Å². The van der Waals surface area contributed by atoms with Crippen molar-refractivity contribution in [3.05, 3.63) is 47.3 Å². The SMILES string of the molecule is Cc1ccc(-n2ncc(C(=O)N[C@H]3CCN4CCC[C@H]4C3)c2C(F)(F)F)cc1. The molecule has 4 rings (SSSR count). The summed E-state index contributed by atoms with van der Waals surface area (Å²) in [6.45, 7) is 3.81. The molecular weight excluding hydrogens is 369 g/mol. The predicted molar refractivity (Wildman–Crippen MR) is 98.4 cm³/mol. The van der Waals surface area contributed by atoms with Gasteiger partial charge in [0.2, 0.25) is 0 Å². The molecule has 28 heavy (non-hydrogen) atoms. The number of hydrogen-bond donors (Lipinski definition) is 1. The highest BCUT2D eigenvalue weighted by atomic mass is 19.4. The Hall–Kier alpha value is -2.35. The van der Waals surface area contributed by atoms with Crippen LogP contribution in [-0.4, -0.2) is 45.8 Å². The Morgan fingerprint density at radius 1 is 1.18 bits per heavy atom. The first-order chi connectivity index (χ1) is 13.3. The van der Waals surface area contributed by atoms with Crippen molar-refractivity contribution in [3.8, 4) is 5.69 Å². The molecule has 0 unspecified atom stereocenters. The number of piperidine rings is 1. The molecule has 5 nitrogen and oxygen atoms in total. The van der Waals surface area contributed by atoms with E-state index in [0.717, 1.165) is 55.2 Å². The van der Waals surface area contributed by atoms with Gasteiger partial charge in [0.25, 0.3) is 5.91 Å². The van der Waals surface area contributed by atoms with Gasteiger partial charge in [-0.3, -0.25) is 4.79 Å². The summed E-state index contributed by atoms with van der Waals surface area (Å²) in [6, 6.07) is 6.88. The van der Waals surface area contributed by atoms with Crippen molar-refractivity contribution >= 4 is 5.91 Å². The van der Waals surface area contributed by atoms with Crippen LogP contribution in [0.4, 0.5) is 13.2 Å². The average Bonchev–Trinajstić information content (AvgIpc) is 3.28. The second-order valence-electron chi connectivity index (χ2n) is 7.68. The number of amides is 1. The molecule has 1 aromatic carbocycles. The molecule has 2 aliphatic heterocycles. The van der Waals surface area contributed by atoms with Crippen LogP contribution in [0.25, 0.3) is 5.69 Å². The highest BCUT2D eigenvalue weighted by molar-refractivity contribution is 5.95. The summed E-state index contributed by atoms with van der Waals surface area (Å²) < 4.78 is 42.1. The minimum atomic E-state index is -4.69. The molecule has 3 heterocycles. The van der Waals surface area contributed by atoms with Gasteiger partial charge in [-0.15, -0.1) is 0 Å². The summed E-state index contributed by atoms with van der Waals surface area (Å²) in [5.74, 6) is -0.706. The topological polar surface area (TPSA) is 50.2 Å². The van der Waals surface area contributed by atoms with Crippen LogP contribution in [0.1, 0.15) is 47.3 Å². The number of alkyl halides is 3. The Morgan fingerprint density at radius 3 is 2.64 bits per heavy atom. The first kappa shape index (κ1) is 19.0. The van der Waals surface area contributed by atoms with Crippen molar-refractivity contribution < 1.29 is 18.0 Å². The Balaban J connectivity index is 1.58. The van der Waals surface area contributed by atoms with E-state index in [1.807, 2.05) is 6.92 Å². The fraction of sp³-hybridized carbons (Fsp3) is 0.500. The van der Waals surface area contributed by atoms with Gasteiger partial charge >= 0.3 is 6.18 Å². The summed E-state index contributed by atoms with van der Waals surface area (Å²) in [4.78, 5) is 15.1. The van der Waals surface area contributed by atoms with E-state index in [1.165, 1.54) is 0 Å². The number of hydrogen-bond acceptors (Lipinski definition) is 3. The molecule has 1 N–H and O–H groups in total. The number of nitrogens with one attached hydrogen (secondary N) is 1. The van der Waals surface area contributed by atoms with Crippen LogP contribution >= 0.6 is 0 Å². The summed E-state index contributed by atoms with van der Waals surface area (Å²) >= 11 is 0. The van der Waals surface area contributed by atoms with Crippen molar-refractivity contribution in [1.29, 1.82) is 0 Å². The van der Waals surface area contributed by atoms with Crippen LogP contribution < -0.4 is 5.32 Å². The lowest BCUT2D eigenvalue weighted by molar-refractivity contribution is -0.143. The van der Waals surface area contributed by atoms with E-state index in [9.17, 15) is 18.0 Å². The lowest BCUT2D eigenvalue weighted by atomic mass is 9.97. The highest BCUT2D eigenvalue weighted by Gasteiger charge is 2.41. The van der Waals surface area contributed by atoms with Gasteiger partial charge in [-0.1, -0.05) is 17.7 Å². The second-order valence-corrected chi connectivity index (χ2v) is 7.68. The molecule has 8 heteroatoms. The summed E-state index contributed by atoms with van der Waals surface area (Å²) in [5.41, 5.74) is -0.258. The van der Waals surface area contributed by atoms with Crippen molar-refractivity contribution in [3.63, 3.8) is 0 Å². The van der Waals surface area contributed by atoms with E-state index >= 15 is 0 Å². The van der Waals surface area contributed by atoms with Crippen LogP contribution in [0.5, 0.6) is 0 Å². The standard InChI is InChI=1S/C20H23F3N4O/c1-13-4-6-15(7-5-13)27-18(20(21,22)23)17(12-24-27)19(28)25-14-8-10-26-9-2-3-16(26)11-14/h4-7,12,14,16H,2-3,8-11H2,1H3,(H,25,28)/t14-,16-/m0/s1. The zero-order valence-electron chi connectivity index (χ0n) is 15.7. The fourth-order valence-electron chi connectivity index (χ4n) is 4.29. The van der Waals surface area contributed by atoms with Crippen LogP contribution in [0, 0.1) is 6.92 Å². The van der Waals surface area contributed by atoms with E-state index in [1.54, 1.807) is 24.3 Å². The van der Waals surface area contributed by atoms with Gasteiger partial charge in [-0.2, -0.15) is 18.3 Å². The molecule has 2 fully saturated rings. The smallest absolute Gasteiger partial charge is 0.349 e. The number of aromatic nitrogens is 2. The molecule has 1 aromatic heterocycles. The maximum atomic E-state index is 13.8. The summed E-state index contributed by atoms with van der Waals surface area (Å²) in [5, 5.41) is 6.69. The molecule has 0 spiro atoms. The molecule has 0 aliphatic carbocycles. The summed E-state index contributed by atoms with van der Waals surface area (Å²) in [7, 11) is 0. The number of aryl methyl sites for hydroxylation is 1. The Kier molecular flexibility index (Phi) is 4.91. The number of halogens is 3. The number of carbonyl (C=O) groups is 1. The van der Waals surface area contributed by atoms with Crippen LogP contribution in [0.15, 0.2) is 30.5 Å². The van der Waals surface area contributed by atoms with Crippen LogP contribution in [-0.2, 0) is 6.18 Å². The van der Waals surface area contributed by atoms with Crippen molar-refractivity contribution in [2.24, 2.45) is 0 Å². The molecule has 150 valence electrons. The Bertz CT molecular complexity index is 859. The first-order valence-corrected chi connectivity index (χ1v) is 9.60. The second kappa shape index (κ2) is 7.24. The van der Waals surface area contributed by atoms with Crippen LogP contribution in [0.2, 0.25) is 0 Å². The van der Waals surface area contributed by atoms with Gasteiger partial charge in [-0.05, 0) is 51.3 Å². The number of carbonyl (C=O) groups excluding carboxylic acids is 1. The van der Waals surface area contributed by atoms with Gasteiger partial charge in [0.05, 0.1) is 17.4 Å². The average molecular weight is 392 g/mol. The number of benzene rings is 1. The summed E-state index contributed by atoms with van der Waals surface area (Å²) in [6.07, 6.45) is 0.110. The predicted octanol–water partition coefficient (Wildman–Crippen LogP) is 3.56. The van der Waals surface area contributed by atoms with Gasteiger partial charge in [0.1, 0.15) is 0 Å². The fourth-order valence-corrected chi connectivity index (χ4v) is 4.29. The van der Waals surface area contributed by atoms with Gasteiger partial charge in [-0.25, -0.2) is 4.68 Å². The number of nitrogens with zero attached hydrogens (tertiary/aromatic N) is 3. The third-order valence-corrected chi connectivity index (χ3v) is 5.72. The van der Waals surface area contributed by atoms with Crippen molar-refractivity contribution in [2.45, 2.75) is 50.9 Å². The first-order valence-electron chi connectivity index (χ1n) is 9.60. The lowest BCUT2D eigenvalue weighted by Gasteiger charge is -2.35. The maximum absolute atomic E-state index is 13.8. The molecule has 1 amide bonds. The molecule has 0 radical (unpaired) electrons. The maximum Gasteiger partial charge on any atom is 0.434 e. The molecule has 0 bridgehead atoms. The van der Waals surface area contributed by atoms with E-state index < -0.39 is 23.3 Å². The van der Waals surface area contributed by atoms with E-state index in [2.05, 4.69) is 15.3 Å². The van der Waals surface area contributed by atoms with Gasteiger partial charge in [0.15, 0.2) is 5.69 Å². The Morgan fingerprint density at radius 2 is 1.93 bits per heavy atom. The number of rotatable bonds is 3. The molecule has 2 aromatic rings. The minimum Gasteiger partial charge on any atom is -0.349 e. The molecule has 0 saturated carbocycles. The van der Waals surface area contributed by atoms with E-state index in [-0.39, 0.29) is 11.7 Å². The molecule has 2 aliphatic rings. The zero-order chi connectivity index (χ0) is 19.9. The van der Waals surface area contributed by atoms with Crippen molar-refractivity contribution in [1.82, 2.24) is 20.0 Å². The Labute approximate surface area is 161 Å². The third-order valence-electron chi connectivity index (χ3n) is 5.72. The largest absolute Gasteiger partial charge is 0.434 e. The zero-order valence-corrected chi connectivity index (χ0v) is 15.7. The molecular formula is C20H23F3N4O. The third kappa shape index (κ3) is 3.65. The van der Waals surface area contributed by atoms with E-state index in [4.69, 9.17) is 0 Å². The monoisotopic (exact) mass is 392 g/mol. The quantitative estimate of drug-likeness (QED) is 0.869.